The molecule has 0 heterocycles. The lowest BCUT2D eigenvalue weighted by molar-refractivity contribution is -0.384. The van der Waals surface area contributed by atoms with E-state index in [9.17, 15) is 29.6 Å². The van der Waals surface area contributed by atoms with Gasteiger partial charge in [-0.25, -0.2) is 4.79 Å². The van der Waals surface area contributed by atoms with Crippen LogP contribution in [0.25, 0.3) is 0 Å². The summed E-state index contributed by atoms with van der Waals surface area (Å²) in [6, 6.07) is 20.0. The number of nitrogens with zero attached hydrogens (tertiary/aromatic N) is 1. The van der Waals surface area contributed by atoms with Crippen LogP contribution in [0.15, 0.2) is 84.9 Å². The highest BCUT2D eigenvalue weighted by atomic mass is 16.6. The molecule has 3 aromatic rings. The minimum atomic E-state index is -1.75. The summed E-state index contributed by atoms with van der Waals surface area (Å²) in [6.45, 7) is 0. The third-order valence-electron chi connectivity index (χ3n) is 5.45. The largest absolute Gasteiger partial charge is 0.467 e. The summed E-state index contributed by atoms with van der Waals surface area (Å²) >= 11 is 0. The third-order valence-corrected chi connectivity index (χ3v) is 5.45. The van der Waals surface area contributed by atoms with Gasteiger partial charge in [-0.3, -0.25) is 19.7 Å². The molecule has 10 nitrogen and oxygen atoms in total. The molecule has 3 aromatic carbocycles. The molecule has 0 aliphatic carbocycles. The number of nitro groups is 1. The number of aliphatic hydroxyl groups is 1. The number of carbonyl (C=O) groups is 3. The number of benzene rings is 3. The van der Waals surface area contributed by atoms with E-state index in [0.29, 0.717) is 16.7 Å². The predicted octanol–water partition coefficient (Wildman–Crippen LogP) is 2.33. The molecular formula is C26H25N3O7. The zero-order valence-electron chi connectivity index (χ0n) is 19.4. The third kappa shape index (κ3) is 6.73. The number of hydrogen-bond acceptors (Lipinski definition) is 7. The van der Waals surface area contributed by atoms with Crippen molar-refractivity contribution in [2.75, 3.05) is 7.11 Å². The quantitative estimate of drug-likeness (QED) is 0.224. The molecule has 2 amide bonds. The summed E-state index contributed by atoms with van der Waals surface area (Å²) in [4.78, 5) is 48.5. The molecule has 0 saturated carbocycles. The van der Waals surface area contributed by atoms with E-state index < -0.39 is 40.9 Å². The number of aliphatic hydroxyl groups excluding tert-OH is 1. The average Bonchev–Trinajstić information content (AvgIpc) is 2.91. The molecule has 0 aliphatic rings. The van der Waals surface area contributed by atoms with Gasteiger partial charge in [-0.05, 0) is 23.3 Å². The second kappa shape index (κ2) is 12.2. The number of ether oxygens (including phenoxy) is 1. The molecule has 0 fully saturated rings. The van der Waals surface area contributed by atoms with Gasteiger partial charge in [0.05, 0.1) is 18.1 Å². The number of rotatable bonds is 10. The maximum absolute atomic E-state index is 13.0. The Morgan fingerprint density at radius 2 is 1.50 bits per heavy atom. The van der Waals surface area contributed by atoms with Crippen molar-refractivity contribution in [1.82, 2.24) is 10.6 Å². The Kier molecular flexibility index (Phi) is 8.84. The standard InChI is InChI=1S/C26H25N3O7/c1-36-26(33)21(16-17-12-14-20(15-13-17)29(34)35)27-25(32)23(30)22(18-8-4-2-5-9-18)28-24(31)19-10-6-3-7-11-19/h2-15,21-23,30H,16H2,1H3,(H,27,32)(H,28,31)/t21-,22+,23-/m1/s1. The van der Waals surface area contributed by atoms with Crippen molar-refractivity contribution < 1.29 is 29.2 Å². The van der Waals surface area contributed by atoms with Gasteiger partial charge in [-0.2, -0.15) is 0 Å². The Labute approximate surface area is 207 Å². The van der Waals surface area contributed by atoms with E-state index in [4.69, 9.17) is 4.74 Å². The maximum Gasteiger partial charge on any atom is 0.328 e. The number of amides is 2. The molecule has 0 unspecified atom stereocenters. The van der Waals surface area contributed by atoms with Gasteiger partial charge >= 0.3 is 5.97 Å². The Hall–Kier alpha value is -4.57. The highest BCUT2D eigenvalue weighted by molar-refractivity contribution is 5.95. The Balaban J connectivity index is 1.79. The average molecular weight is 492 g/mol. The summed E-state index contributed by atoms with van der Waals surface area (Å²) < 4.78 is 4.78. The summed E-state index contributed by atoms with van der Waals surface area (Å²) in [6.07, 6.45) is -1.78. The van der Waals surface area contributed by atoms with Gasteiger partial charge in [0, 0.05) is 24.1 Å². The second-order valence-electron chi connectivity index (χ2n) is 7.88. The molecular weight excluding hydrogens is 466 g/mol. The van der Waals surface area contributed by atoms with Crippen LogP contribution in [-0.2, 0) is 20.7 Å². The molecule has 10 heteroatoms. The van der Waals surface area contributed by atoms with Crippen LogP contribution in [0.4, 0.5) is 5.69 Å². The van der Waals surface area contributed by atoms with Crippen molar-refractivity contribution >= 4 is 23.5 Å². The van der Waals surface area contributed by atoms with E-state index in [1.54, 1.807) is 60.7 Å². The van der Waals surface area contributed by atoms with E-state index >= 15 is 0 Å². The fourth-order valence-electron chi connectivity index (χ4n) is 3.55. The van der Waals surface area contributed by atoms with E-state index in [1.165, 1.54) is 24.3 Å². The van der Waals surface area contributed by atoms with Gasteiger partial charge in [0.15, 0.2) is 6.10 Å². The fraction of sp³-hybridized carbons (Fsp3) is 0.192. The summed E-state index contributed by atoms with van der Waals surface area (Å²) in [5, 5.41) is 27.0. The maximum atomic E-state index is 13.0. The summed E-state index contributed by atoms with van der Waals surface area (Å²) in [5.41, 5.74) is 1.24. The van der Waals surface area contributed by atoms with Crippen molar-refractivity contribution in [3.63, 3.8) is 0 Å². The van der Waals surface area contributed by atoms with E-state index in [2.05, 4.69) is 10.6 Å². The number of nitro benzene ring substituents is 1. The summed E-state index contributed by atoms with van der Waals surface area (Å²) in [5.74, 6) is -2.17. The van der Waals surface area contributed by atoms with Crippen molar-refractivity contribution in [1.29, 1.82) is 0 Å². The molecule has 0 bridgehead atoms. The van der Waals surface area contributed by atoms with Crippen LogP contribution in [0.3, 0.4) is 0 Å². The van der Waals surface area contributed by atoms with Gasteiger partial charge in [0.2, 0.25) is 0 Å². The van der Waals surface area contributed by atoms with Gasteiger partial charge in [0.25, 0.3) is 17.5 Å². The fourth-order valence-corrected chi connectivity index (χ4v) is 3.55. The first kappa shape index (κ1) is 26.0. The Morgan fingerprint density at radius 3 is 2.06 bits per heavy atom. The molecule has 0 spiro atoms. The van der Waals surface area contributed by atoms with Crippen LogP contribution >= 0.6 is 0 Å². The summed E-state index contributed by atoms with van der Waals surface area (Å²) in [7, 11) is 1.15. The van der Waals surface area contributed by atoms with Crippen LogP contribution in [0.2, 0.25) is 0 Å². The normalized spacial score (nSPS) is 13.1. The minimum Gasteiger partial charge on any atom is -0.467 e. The van der Waals surface area contributed by atoms with Crippen LogP contribution in [-0.4, -0.2) is 47.1 Å². The topological polar surface area (TPSA) is 148 Å². The van der Waals surface area contributed by atoms with Gasteiger partial charge in [-0.1, -0.05) is 60.7 Å². The van der Waals surface area contributed by atoms with Crippen LogP contribution in [0, 0.1) is 10.1 Å². The number of methoxy groups -OCH3 is 1. The van der Waals surface area contributed by atoms with Crippen molar-refractivity contribution in [2.24, 2.45) is 0 Å². The van der Waals surface area contributed by atoms with Crippen LogP contribution < -0.4 is 10.6 Å². The van der Waals surface area contributed by atoms with Crippen LogP contribution in [0.1, 0.15) is 27.5 Å². The van der Waals surface area contributed by atoms with E-state index in [0.717, 1.165) is 7.11 Å². The lowest BCUT2D eigenvalue weighted by Crippen LogP contribution is -2.51. The zero-order chi connectivity index (χ0) is 26.1. The molecule has 3 rings (SSSR count). The zero-order valence-corrected chi connectivity index (χ0v) is 19.4. The first-order chi connectivity index (χ1) is 17.3. The highest BCUT2D eigenvalue weighted by Gasteiger charge is 2.32. The predicted molar refractivity (Wildman–Crippen MR) is 130 cm³/mol. The van der Waals surface area contributed by atoms with Gasteiger partial charge in [-0.15, -0.1) is 0 Å². The molecule has 0 radical (unpaired) electrons. The van der Waals surface area contributed by atoms with E-state index in [1.807, 2.05) is 0 Å². The molecule has 0 aliphatic heterocycles. The molecule has 186 valence electrons. The lowest BCUT2D eigenvalue weighted by Gasteiger charge is -2.26. The highest BCUT2D eigenvalue weighted by Crippen LogP contribution is 2.19. The van der Waals surface area contributed by atoms with Gasteiger partial charge in [0.1, 0.15) is 6.04 Å². The number of nitrogens with one attached hydrogen (secondary N) is 2. The number of carbonyl (C=O) groups excluding carboxylic acids is 3. The second-order valence-corrected chi connectivity index (χ2v) is 7.88. The first-order valence-corrected chi connectivity index (χ1v) is 11.0. The number of non-ortho nitro benzene ring substituents is 1. The molecule has 0 saturated heterocycles. The van der Waals surface area contributed by atoms with Crippen LogP contribution in [0.5, 0.6) is 0 Å². The lowest BCUT2D eigenvalue weighted by atomic mass is 9.99. The van der Waals surface area contributed by atoms with Crippen molar-refractivity contribution in [3.05, 3.63) is 112 Å². The molecule has 36 heavy (non-hydrogen) atoms. The molecule has 3 atom stereocenters. The SMILES string of the molecule is COC(=O)[C@@H](Cc1ccc([N+](=O)[O-])cc1)NC(=O)[C@H](O)[C@@H](NC(=O)c1ccccc1)c1ccccc1. The Morgan fingerprint density at radius 1 is 0.917 bits per heavy atom. The molecule has 0 aromatic heterocycles. The minimum absolute atomic E-state index is 0.0322. The first-order valence-electron chi connectivity index (χ1n) is 11.0. The van der Waals surface area contributed by atoms with Crippen molar-refractivity contribution in [3.8, 4) is 0 Å². The smallest absolute Gasteiger partial charge is 0.328 e. The molecule has 3 N–H and O–H groups in total. The monoisotopic (exact) mass is 491 g/mol. The number of esters is 1. The Bertz CT molecular complexity index is 1200. The van der Waals surface area contributed by atoms with Crippen molar-refractivity contribution in [2.45, 2.75) is 24.6 Å². The van der Waals surface area contributed by atoms with E-state index in [-0.39, 0.29) is 12.1 Å². The van der Waals surface area contributed by atoms with Gasteiger partial charge < -0.3 is 20.5 Å². The number of hydrogen-bond donors (Lipinski definition) is 3.